The van der Waals surface area contributed by atoms with E-state index < -0.39 is 12.5 Å². The fourth-order valence-electron chi connectivity index (χ4n) is 5.55. The highest BCUT2D eigenvalue weighted by atomic mass is 16.3. The summed E-state index contributed by atoms with van der Waals surface area (Å²) in [6, 6.07) is 2.00. The van der Waals surface area contributed by atoms with Crippen LogP contribution in [0.25, 0.3) is 0 Å². The first kappa shape index (κ1) is 32.7. The molecule has 0 saturated heterocycles. The third-order valence-electron chi connectivity index (χ3n) is 7.77. The van der Waals surface area contributed by atoms with Gasteiger partial charge in [-0.1, -0.05) is 26.7 Å². The van der Waals surface area contributed by atoms with Gasteiger partial charge in [-0.15, -0.1) is 0 Å². The Bertz CT molecular complexity index is 939. The smallest absolute Gasteiger partial charge is 0.167 e. The predicted octanol–water partition coefficient (Wildman–Crippen LogP) is 3.78. The third kappa shape index (κ3) is 8.62. The second kappa shape index (κ2) is 15.2. The highest BCUT2D eigenvalue weighted by molar-refractivity contribution is 6.03. The van der Waals surface area contributed by atoms with Crippen molar-refractivity contribution in [2.75, 3.05) is 32.2 Å². The molecule has 1 aliphatic rings. The Kier molecular flexibility index (Phi) is 13.5. The monoisotopic (exact) mass is 525 g/mol. The fraction of sp³-hybridized carbons (Fsp3) is 0.690. The van der Waals surface area contributed by atoms with Crippen LogP contribution >= 0.6 is 0 Å². The predicted molar refractivity (Wildman–Crippen MR) is 150 cm³/mol. The van der Waals surface area contributed by atoms with Gasteiger partial charge in [0.15, 0.2) is 5.78 Å². The number of aliphatic hydroxyl groups excluding tert-OH is 2. The van der Waals surface area contributed by atoms with Gasteiger partial charge in [0.05, 0.1) is 18.6 Å². The molecule has 4 unspecified atom stereocenters. The zero-order valence-corrected chi connectivity index (χ0v) is 23.2. The number of hydrogen-bond acceptors (Lipinski definition) is 7. The molecule has 0 saturated carbocycles. The van der Waals surface area contributed by atoms with Gasteiger partial charge in [-0.3, -0.25) is 14.4 Å². The molecule has 1 aromatic rings. The van der Waals surface area contributed by atoms with Crippen LogP contribution in [0.4, 0.5) is 5.69 Å². The molecule has 0 aromatic heterocycles. The highest BCUT2D eigenvalue weighted by Crippen LogP contribution is 2.42. The van der Waals surface area contributed by atoms with Gasteiger partial charge in [0.25, 0.3) is 0 Å². The lowest BCUT2D eigenvalue weighted by atomic mass is 9.73. The van der Waals surface area contributed by atoms with Gasteiger partial charge >= 0.3 is 0 Å². The Morgan fingerprint density at radius 3 is 2.41 bits per heavy atom. The maximum Gasteiger partial charge on any atom is 0.167 e. The van der Waals surface area contributed by atoms with E-state index in [1.54, 1.807) is 0 Å². The third-order valence-corrected chi connectivity index (χ3v) is 7.77. The van der Waals surface area contributed by atoms with Crippen molar-refractivity contribution in [1.29, 1.82) is 0 Å². The molecule has 0 heterocycles. The number of aromatic hydroxyl groups is 1. The van der Waals surface area contributed by atoms with Crippen molar-refractivity contribution in [1.82, 2.24) is 0 Å². The molecule has 8 heteroatoms. The Balaban J connectivity index is 0. The zero-order valence-electron chi connectivity index (χ0n) is 23.2. The maximum absolute atomic E-state index is 13.3. The van der Waals surface area contributed by atoms with Gasteiger partial charge in [0.2, 0.25) is 0 Å². The second-order valence-electron chi connectivity index (χ2n) is 10.9. The zero-order chi connectivity index (χ0) is 27.0. The first-order valence-corrected chi connectivity index (χ1v) is 13.4. The molecule has 214 valence electrons. The minimum absolute atomic E-state index is 0. The van der Waals surface area contributed by atoms with E-state index in [0.29, 0.717) is 30.7 Å². The molecule has 0 radical (unpaired) electrons. The van der Waals surface area contributed by atoms with Crippen molar-refractivity contribution in [3.8, 4) is 5.75 Å². The van der Waals surface area contributed by atoms with Gasteiger partial charge in [0.1, 0.15) is 17.3 Å². The summed E-state index contributed by atoms with van der Waals surface area (Å²) in [5, 5.41) is 30.6. The number of rotatable bonds is 15. The summed E-state index contributed by atoms with van der Waals surface area (Å²) in [6.07, 6.45) is 5.22. The van der Waals surface area contributed by atoms with Crippen LogP contribution in [0, 0.1) is 23.7 Å². The Labute approximate surface area is 224 Å². The summed E-state index contributed by atoms with van der Waals surface area (Å²) in [4.78, 5) is 39.4. The number of ketones is 3. The van der Waals surface area contributed by atoms with Crippen LogP contribution in [-0.2, 0) is 22.4 Å². The quantitative estimate of drug-likeness (QED) is 0.295. The molecule has 0 amide bonds. The summed E-state index contributed by atoms with van der Waals surface area (Å²) < 4.78 is 0. The lowest BCUT2D eigenvalue weighted by Gasteiger charge is -2.33. The SMILES string of the molecule is CCC(C)CCCc1cc(N(C)C)c2c(c1O)C(=O)CC(CC(CCO)C(CO)C(=O)CC(C)=O)C2.O.[HH].[HH]. The van der Waals surface area contributed by atoms with E-state index in [2.05, 4.69) is 13.8 Å². The molecule has 0 spiro atoms. The van der Waals surface area contributed by atoms with Crippen molar-refractivity contribution in [2.45, 2.75) is 78.6 Å². The number of hydrogen-bond donors (Lipinski definition) is 3. The average Bonchev–Trinajstić information content (AvgIpc) is 2.79. The number of aryl methyl sites for hydroxylation is 1. The van der Waals surface area contributed by atoms with Crippen molar-refractivity contribution < 1.29 is 38.0 Å². The number of fused-ring (bicyclic) bond motifs is 1. The van der Waals surface area contributed by atoms with E-state index in [1.807, 2.05) is 25.1 Å². The number of carbonyl (C=O) groups is 3. The van der Waals surface area contributed by atoms with E-state index in [1.165, 1.54) is 6.92 Å². The molecule has 4 atom stereocenters. The lowest BCUT2D eigenvalue weighted by molar-refractivity contribution is -0.131. The first-order chi connectivity index (χ1) is 17.0. The van der Waals surface area contributed by atoms with E-state index in [4.69, 9.17) is 0 Å². The number of phenolic OH excluding ortho intramolecular Hbond substituents is 1. The van der Waals surface area contributed by atoms with E-state index in [9.17, 15) is 29.7 Å². The molecule has 2 rings (SSSR count). The van der Waals surface area contributed by atoms with Crippen molar-refractivity contribution in [2.24, 2.45) is 23.7 Å². The van der Waals surface area contributed by atoms with E-state index >= 15 is 0 Å². The molecule has 1 aliphatic carbocycles. The Morgan fingerprint density at radius 2 is 1.86 bits per heavy atom. The maximum atomic E-state index is 13.3. The largest absolute Gasteiger partial charge is 0.507 e. The van der Waals surface area contributed by atoms with Crippen LogP contribution < -0.4 is 4.90 Å². The number of nitrogens with zero attached hydrogens (tertiary/aromatic N) is 1. The minimum Gasteiger partial charge on any atom is -0.507 e. The van der Waals surface area contributed by atoms with Crippen LogP contribution in [0.15, 0.2) is 6.07 Å². The first-order valence-electron chi connectivity index (χ1n) is 13.4. The minimum atomic E-state index is -0.743. The molecular weight excluding hydrogens is 474 g/mol. The molecular formula is C29H51NO7. The summed E-state index contributed by atoms with van der Waals surface area (Å²) in [5.74, 6) is -1.13. The molecule has 8 nitrogen and oxygen atoms in total. The number of anilines is 1. The van der Waals surface area contributed by atoms with Gasteiger partial charge < -0.3 is 25.7 Å². The Hall–Kier alpha value is -2.29. The summed E-state index contributed by atoms with van der Waals surface area (Å²) in [6.45, 7) is 5.21. The highest BCUT2D eigenvalue weighted by Gasteiger charge is 2.35. The normalized spacial score (nSPS) is 17.4. The average molecular weight is 526 g/mol. The molecule has 0 fully saturated rings. The van der Waals surface area contributed by atoms with Crippen molar-refractivity contribution in [3.05, 3.63) is 22.8 Å². The van der Waals surface area contributed by atoms with Gasteiger partial charge in [-0.25, -0.2) is 0 Å². The van der Waals surface area contributed by atoms with Crippen LogP contribution in [0.2, 0.25) is 0 Å². The van der Waals surface area contributed by atoms with Gasteiger partial charge in [0, 0.05) is 41.6 Å². The number of carbonyl (C=O) groups excluding carboxylic acids is 3. The summed E-state index contributed by atoms with van der Waals surface area (Å²) in [5.41, 5.74) is 2.97. The van der Waals surface area contributed by atoms with Gasteiger partial charge in [-0.2, -0.15) is 0 Å². The fourth-order valence-corrected chi connectivity index (χ4v) is 5.55. The van der Waals surface area contributed by atoms with Crippen LogP contribution in [0.5, 0.6) is 5.75 Å². The van der Waals surface area contributed by atoms with Crippen molar-refractivity contribution in [3.63, 3.8) is 0 Å². The molecule has 0 bridgehead atoms. The molecule has 0 aliphatic heterocycles. The van der Waals surface area contributed by atoms with Crippen LogP contribution in [0.1, 0.15) is 90.1 Å². The number of aliphatic hydroxyl groups is 2. The molecule has 5 N–H and O–H groups in total. The van der Waals surface area contributed by atoms with Crippen LogP contribution in [-0.4, -0.2) is 65.5 Å². The van der Waals surface area contributed by atoms with Crippen molar-refractivity contribution >= 4 is 23.0 Å². The number of benzene rings is 1. The van der Waals surface area contributed by atoms with E-state index in [-0.39, 0.29) is 62.7 Å². The molecule has 1 aromatic carbocycles. The topological polar surface area (TPSA) is 147 Å². The molecule has 37 heavy (non-hydrogen) atoms. The second-order valence-corrected chi connectivity index (χ2v) is 10.9. The summed E-state index contributed by atoms with van der Waals surface area (Å²) >= 11 is 0. The Morgan fingerprint density at radius 1 is 1.19 bits per heavy atom. The number of phenols is 1. The number of Topliss-reactive ketones (excluding diaryl/α,β-unsaturated/α-hetero) is 3. The lowest BCUT2D eigenvalue weighted by Crippen LogP contribution is -2.33. The van der Waals surface area contributed by atoms with E-state index in [0.717, 1.165) is 42.5 Å². The summed E-state index contributed by atoms with van der Waals surface area (Å²) in [7, 11) is 3.86. The van der Waals surface area contributed by atoms with Gasteiger partial charge in [-0.05, 0) is 74.0 Å². The standard InChI is InChI=1S/C29H45NO6.H2O.2H2/c1-6-18(2)8-7-9-22-16-25(30(4)5)23-14-20(15-27(35)28(23)29(22)36)13-21(10-11-31)24(17-32)26(34)12-19(3)33;;;/h16,18,20-21,24,31-32,36H,6-15,17H2,1-5H3;1H2;2*1H. The van der Waals surface area contributed by atoms with Crippen LogP contribution in [0.3, 0.4) is 0 Å².